The second-order valence-electron chi connectivity index (χ2n) is 3.08. The Morgan fingerprint density at radius 2 is 1.89 bits per heavy atom. The SMILES string of the molecule is [CH+]1CCCC2=C1CCC2. The third-order valence-electron chi connectivity index (χ3n) is 2.45. The maximum absolute atomic E-state index is 2.45. The second kappa shape index (κ2) is 2.09. The van der Waals surface area contributed by atoms with E-state index in [1.807, 2.05) is 0 Å². The van der Waals surface area contributed by atoms with Crippen molar-refractivity contribution in [1.82, 2.24) is 0 Å². The molecule has 9 heavy (non-hydrogen) atoms. The Balaban J connectivity index is 2.17. The van der Waals surface area contributed by atoms with Crippen molar-refractivity contribution in [2.24, 2.45) is 0 Å². The van der Waals surface area contributed by atoms with Gasteiger partial charge >= 0.3 is 0 Å². The van der Waals surface area contributed by atoms with Crippen LogP contribution >= 0.6 is 0 Å². The molecule has 0 aromatic carbocycles. The van der Waals surface area contributed by atoms with E-state index in [2.05, 4.69) is 6.42 Å². The molecule has 0 nitrogen and oxygen atoms in total. The Bertz CT molecular complexity index is 126. The molecule has 0 amide bonds. The van der Waals surface area contributed by atoms with Crippen molar-refractivity contribution >= 4 is 0 Å². The van der Waals surface area contributed by atoms with Gasteiger partial charge in [0.2, 0.25) is 0 Å². The Labute approximate surface area is 57.0 Å². The van der Waals surface area contributed by atoms with Gasteiger partial charge in [-0.25, -0.2) is 0 Å². The first kappa shape index (κ1) is 5.40. The molecular formula is C9H13+. The molecule has 0 N–H and O–H groups in total. The smallest absolute Gasteiger partial charge is 0.0241 e. The molecule has 0 saturated carbocycles. The van der Waals surface area contributed by atoms with Crippen LogP contribution in [-0.4, -0.2) is 0 Å². The van der Waals surface area contributed by atoms with Crippen molar-refractivity contribution in [3.05, 3.63) is 17.6 Å². The number of hydrogen-bond donors (Lipinski definition) is 0. The minimum absolute atomic E-state index is 1.35. The van der Waals surface area contributed by atoms with Gasteiger partial charge in [0.05, 0.1) is 5.57 Å². The Kier molecular flexibility index (Phi) is 1.25. The highest BCUT2D eigenvalue weighted by Gasteiger charge is 2.25. The zero-order valence-corrected chi connectivity index (χ0v) is 5.82. The van der Waals surface area contributed by atoms with Gasteiger partial charge in [-0.2, -0.15) is 0 Å². The molecule has 0 aliphatic heterocycles. The lowest BCUT2D eigenvalue weighted by molar-refractivity contribution is 0.753. The van der Waals surface area contributed by atoms with Crippen molar-refractivity contribution in [2.75, 3.05) is 0 Å². The summed E-state index contributed by atoms with van der Waals surface area (Å²) >= 11 is 0. The number of rotatable bonds is 0. The van der Waals surface area contributed by atoms with E-state index in [1.165, 1.54) is 38.5 Å². The Morgan fingerprint density at radius 1 is 1.00 bits per heavy atom. The molecule has 0 atom stereocenters. The highest BCUT2D eigenvalue weighted by atomic mass is 14.2. The Morgan fingerprint density at radius 3 is 2.78 bits per heavy atom. The fourth-order valence-electron chi connectivity index (χ4n) is 1.95. The summed E-state index contributed by atoms with van der Waals surface area (Å²) in [5.41, 5.74) is 3.49. The van der Waals surface area contributed by atoms with Gasteiger partial charge in [-0.05, 0) is 12.8 Å². The standard InChI is InChI=1S/C9H13/c1-2-5-9-7-3-6-8(9)4-1/h4H,1-3,5-7H2/q+1. The highest BCUT2D eigenvalue weighted by Crippen LogP contribution is 2.35. The van der Waals surface area contributed by atoms with Gasteiger partial charge in [0, 0.05) is 32.1 Å². The van der Waals surface area contributed by atoms with Gasteiger partial charge in [0.1, 0.15) is 5.57 Å². The molecule has 0 unspecified atom stereocenters. The predicted molar refractivity (Wildman–Crippen MR) is 39.0 cm³/mol. The molecule has 0 aromatic rings. The molecule has 0 spiro atoms. The fraction of sp³-hybridized carbons (Fsp3) is 0.667. The van der Waals surface area contributed by atoms with Gasteiger partial charge in [0.25, 0.3) is 0 Å². The molecular weight excluding hydrogens is 108 g/mol. The normalized spacial score (nSPS) is 25.8. The second-order valence-corrected chi connectivity index (χ2v) is 3.08. The van der Waals surface area contributed by atoms with Crippen LogP contribution in [0.4, 0.5) is 0 Å². The van der Waals surface area contributed by atoms with Crippen molar-refractivity contribution in [1.29, 1.82) is 0 Å². The third-order valence-corrected chi connectivity index (χ3v) is 2.45. The molecule has 0 saturated heterocycles. The summed E-state index contributed by atoms with van der Waals surface area (Å²) in [6, 6.07) is 0. The number of hydrogen-bond acceptors (Lipinski definition) is 0. The molecule has 0 fully saturated rings. The van der Waals surface area contributed by atoms with Crippen LogP contribution in [0.15, 0.2) is 11.1 Å². The minimum Gasteiger partial charge on any atom is -0.0241 e. The maximum Gasteiger partial charge on any atom is 0.105 e. The summed E-state index contributed by atoms with van der Waals surface area (Å²) in [7, 11) is 0. The van der Waals surface area contributed by atoms with E-state index < -0.39 is 0 Å². The quantitative estimate of drug-likeness (QED) is 0.432. The van der Waals surface area contributed by atoms with Gasteiger partial charge < -0.3 is 0 Å². The van der Waals surface area contributed by atoms with Gasteiger partial charge in [-0.15, -0.1) is 0 Å². The zero-order chi connectivity index (χ0) is 6.10. The zero-order valence-electron chi connectivity index (χ0n) is 5.82. The average molecular weight is 121 g/mol. The van der Waals surface area contributed by atoms with Crippen LogP contribution in [0.3, 0.4) is 0 Å². The van der Waals surface area contributed by atoms with E-state index in [0.29, 0.717) is 0 Å². The van der Waals surface area contributed by atoms with Crippen molar-refractivity contribution in [3.8, 4) is 0 Å². The first-order valence-electron chi connectivity index (χ1n) is 4.01. The van der Waals surface area contributed by atoms with Crippen LogP contribution in [0.5, 0.6) is 0 Å². The van der Waals surface area contributed by atoms with Crippen LogP contribution < -0.4 is 0 Å². The predicted octanol–water partition coefficient (Wildman–Crippen LogP) is 2.86. The van der Waals surface area contributed by atoms with E-state index in [1.54, 1.807) is 11.1 Å². The molecule has 0 heterocycles. The van der Waals surface area contributed by atoms with Crippen LogP contribution in [0, 0.1) is 6.42 Å². The lowest BCUT2D eigenvalue weighted by atomic mass is 9.94. The number of allylic oxidation sites excluding steroid dienone is 2. The summed E-state index contributed by atoms with van der Waals surface area (Å²) < 4.78 is 0. The molecule has 48 valence electrons. The van der Waals surface area contributed by atoms with E-state index >= 15 is 0 Å². The lowest BCUT2D eigenvalue weighted by Gasteiger charge is -2.02. The maximum atomic E-state index is 2.45. The molecule has 0 aromatic heterocycles. The van der Waals surface area contributed by atoms with Crippen LogP contribution in [0.2, 0.25) is 0 Å². The fourth-order valence-corrected chi connectivity index (χ4v) is 1.95. The summed E-state index contributed by atoms with van der Waals surface area (Å²) in [5, 5.41) is 0. The molecule has 0 bridgehead atoms. The van der Waals surface area contributed by atoms with Gasteiger partial charge in [0.15, 0.2) is 0 Å². The summed E-state index contributed by atoms with van der Waals surface area (Å²) in [6.45, 7) is 0. The van der Waals surface area contributed by atoms with Crippen molar-refractivity contribution in [3.63, 3.8) is 0 Å². The van der Waals surface area contributed by atoms with E-state index in [9.17, 15) is 0 Å². The van der Waals surface area contributed by atoms with E-state index in [0.717, 1.165) is 0 Å². The summed E-state index contributed by atoms with van der Waals surface area (Å²) in [6.07, 6.45) is 10.8. The van der Waals surface area contributed by atoms with Crippen LogP contribution in [0.1, 0.15) is 38.5 Å². The first-order valence-corrected chi connectivity index (χ1v) is 4.01. The molecule has 0 heteroatoms. The van der Waals surface area contributed by atoms with E-state index in [-0.39, 0.29) is 0 Å². The molecule has 0 radical (unpaired) electrons. The molecule has 2 rings (SSSR count). The minimum atomic E-state index is 1.35. The van der Waals surface area contributed by atoms with Crippen molar-refractivity contribution < 1.29 is 0 Å². The first-order chi connectivity index (χ1) is 4.47. The summed E-state index contributed by atoms with van der Waals surface area (Å²) in [5.74, 6) is 0. The van der Waals surface area contributed by atoms with Gasteiger partial charge in [-0.3, -0.25) is 0 Å². The molecule has 2 aliphatic carbocycles. The van der Waals surface area contributed by atoms with Crippen LogP contribution in [-0.2, 0) is 0 Å². The van der Waals surface area contributed by atoms with Crippen molar-refractivity contribution in [2.45, 2.75) is 38.5 Å². The summed E-state index contributed by atoms with van der Waals surface area (Å²) in [4.78, 5) is 0. The monoisotopic (exact) mass is 121 g/mol. The largest absolute Gasteiger partial charge is 0.105 e. The Hall–Kier alpha value is -0.390. The topological polar surface area (TPSA) is 0 Å². The average Bonchev–Trinajstić information content (AvgIpc) is 2.33. The highest BCUT2D eigenvalue weighted by molar-refractivity contribution is 5.28. The van der Waals surface area contributed by atoms with Gasteiger partial charge in [-0.1, -0.05) is 0 Å². The van der Waals surface area contributed by atoms with Crippen LogP contribution in [0.25, 0.3) is 0 Å². The lowest BCUT2D eigenvalue weighted by Crippen LogP contribution is -1.93. The third kappa shape index (κ3) is 0.868. The van der Waals surface area contributed by atoms with E-state index in [4.69, 9.17) is 0 Å². The molecule has 2 aliphatic rings.